The van der Waals surface area contributed by atoms with Crippen LogP contribution in [0.25, 0.3) is 0 Å². The fourth-order valence-corrected chi connectivity index (χ4v) is 4.21. The van der Waals surface area contributed by atoms with Crippen molar-refractivity contribution < 1.29 is 14.0 Å². The molecule has 4 rings (SSSR count). The zero-order valence-corrected chi connectivity index (χ0v) is 19.0. The van der Waals surface area contributed by atoms with Crippen molar-refractivity contribution in [3.63, 3.8) is 0 Å². The minimum absolute atomic E-state index is 0.0399. The molecule has 32 heavy (non-hydrogen) atoms. The number of amides is 2. The summed E-state index contributed by atoms with van der Waals surface area (Å²) in [5, 5.41) is 11.3. The van der Waals surface area contributed by atoms with Crippen LogP contribution in [0.2, 0.25) is 5.02 Å². The van der Waals surface area contributed by atoms with E-state index in [1.54, 1.807) is 19.1 Å². The van der Waals surface area contributed by atoms with Gasteiger partial charge in [-0.15, -0.1) is 10.2 Å². The zero-order chi connectivity index (χ0) is 22.5. The Morgan fingerprint density at radius 1 is 1.06 bits per heavy atom. The number of nitrogens with one attached hydrogen (secondary N) is 1. The van der Waals surface area contributed by atoms with E-state index in [1.807, 2.05) is 41.3 Å². The summed E-state index contributed by atoms with van der Waals surface area (Å²) in [5.74, 6) is 0.467. The summed E-state index contributed by atoms with van der Waals surface area (Å²) >= 11 is 7.36. The second-order valence-electron chi connectivity index (χ2n) is 7.23. The van der Waals surface area contributed by atoms with Gasteiger partial charge >= 0.3 is 0 Å². The molecule has 8 nitrogen and oxygen atoms in total. The minimum Gasteiger partial charge on any atom is -0.416 e. The van der Waals surface area contributed by atoms with Crippen LogP contribution in [-0.2, 0) is 4.79 Å². The smallest absolute Gasteiger partial charge is 0.277 e. The van der Waals surface area contributed by atoms with Gasteiger partial charge in [-0.05, 0) is 36.4 Å². The third-order valence-corrected chi connectivity index (χ3v) is 6.17. The van der Waals surface area contributed by atoms with Crippen LogP contribution in [0, 0.1) is 6.92 Å². The van der Waals surface area contributed by atoms with Crippen molar-refractivity contribution in [2.24, 2.45) is 0 Å². The zero-order valence-electron chi connectivity index (χ0n) is 17.5. The van der Waals surface area contributed by atoms with Crippen LogP contribution < -0.4 is 10.2 Å². The Morgan fingerprint density at radius 2 is 1.78 bits per heavy atom. The van der Waals surface area contributed by atoms with E-state index in [0.717, 1.165) is 18.8 Å². The number of nitrogens with zero attached hydrogens (tertiary/aromatic N) is 4. The molecule has 3 aromatic rings. The van der Waals surface area contributed by atoms with E-state index in [0.29, 0.717) is 40.5 Å². The molecule has 1 aliphatic rings. The molecule has 0 bridgehead atoms. The number of carbonyl (C=O) groups excluding carboxylic acids is 2. The molecule has 166 valence electrons. The van der Waals surface area contributed by atoms with E-state index in [1.165, 1.54) is 11.8 Å². The second-order valence-corrected chi connectivity index (χ2v) is 8.56. The normalized spacial score (nSPS) is 13.8. The Morgan fingerprint density at radius 3 is 2.44 bits per heavy atom. The van der Waals surface area contributed by atoms with Gasteiger partial charge in [-0.1, -0.05) is 35.5 Å². The first-order valence-electron chi connectivity index (χ1n) is 10.1. The van der Waals surface area contributed by atoms with E-state index >= 15 is 0 Å². The third-order valence-electron chi connectivity index (χ3n) is 5.02. The van der Waals surface area contributed by atoms with Gasteiger partial charge in [-0.2, -0.15) is 0 Å². The predicted molar refractivity (Wildman–Crippen MR) is 124 cm³/mol. The molecule has 2 heterocycles. The number of rotatable bonds is 6. The van der Waals surface area contributed by atoms with Crippen molar-refractivity contribution >= 4 is 46.6 Å². The molecule has 0 unspecified atom stereocenters. The molecular formula is C22H22ClN5O3S. The third kappa shape index (κ3) is 5.41. The highest BCUT2D eigenvalue weighted by Crippen LogP contribution is 2.22. The Bertz CT molecular complexity index is 1100. The molecule has 1 aromatic heterocycles. The highest BCUT2D eigenvalue weighted by atomic mass is 35.5. The highest BCUT2D eigenvalue weighted by molar-refractivity contribution is 7.99. The number of aryl methyl sites for hydroxylation is 1. The fourth-order valence-electron chi connectivity index (χ4n) is 3.39. The van der Waals surface area contributed by atoms with Gasteiger partial charge in [0.05, 0.1) is 16.3 Å². The molecule has 10 heteroatoms. The molecule has 1 aliphatic heterocycles. The second kappa shape index (κ2) is 10.1. The molecule has 0 spiro atoms. The van der Waals surface area contributed by atoms with Gasteiger partial charge in [0.1, 0.15) is 0 Å². The molecule has 0 aliphatic carbocycles. The number of anilines is 2. The molecule has 1 N–H and O–H groups in total. The number of thioether (sulfide) groups is 1. The molecule has 2 aromatic carbocycles. The van der Waals surface area contributed by atoms with Crippen LogP contribution >= 0.6 is 23.4 Å². The summed E-state index contributed by atoms with van der Waals surface area (Å²) in [5.41, 5.74) is 2.30. The van der Waals surface area contributed by atoms with Gasteiger partial charge in [0.25, 0.3) is 11.1 Å². The maximum Gasteiger partial charge on any atom is 0.277 e. The number of hydrogen-bond acceptors (Lipinski definition) is 7. The minimum atomic E-state index is -0.148. The molecule has 0 radical (unpaired) electrons. The summed E-state index contributed by atoms with van der Waals surface area (Å²) in [7, 11) is 0. The van der Waals surface area contributed by atoms with Crippen molar-refractivity contribution in [3.8, 4) is 0 Å². The maximum absolute atomic E-state index is 12.7. The van der Waals surface area contributed by atoms with E-state index < -0.39 is 0 Å². The van der Waals surface area contributed by atoms with Gasteiger partial charge in [-0.3, -0.25) is 9.59 Å². The van der Waals surface area contributed by atoms with Crippen molar-refractivity contribution in [3.05, 3.63) is 65.0 Å². The molecular weight excluding hydrogens is 450 g/mol. The Hall–Kier alpha value is -3.04. The molecule has 2 amide bonds. The lowest BCUT2D eigenvalue weighted by Crippen LogP contribution is -2.48. The Balaban J connectivity index is 1.27. The SMILES string of the molecule is Cc1nnc(SCC(=O)Nc2ccc(N3CCN(C(=O)c4ccccc4Cl)CC3)cc2)o1. The first-order chi connectivity index (χ1) is 15.5. The number of benzene rings is 2. The highest BCUT2D eigenvalue weighted by Gasteiger charge is 2.23. The molecule has 1 saturated heterocycles. The average molecular weight is 472 g/mol. The monoisotopic (exact) mass is 471 g/mol. The topological polar surface area (TPSA) is 91.6 Å². The van der Waals surface area contributed by atoms with Crippen LogP contribution in [0.5, 0.6) is 0 Å². The van der Waals surface area contributed by atoms with Gasteiger partial charge in [0.15, 0.2) is 0 Å². The van der Waals surface area contributed by atoms with E-state index in [9.17, 15) is 9.59 Å². The van der Waals surface area contributed by atoms with E-state index in [4.69, 9.17) is 16.0 Å². The number of aromatic nitrogens is 2. The van der Waals surface area contributed by atoms with E-state index in [2.05, 4.69) is 20.4 Å². The summed E-state index contributed by atoms with van der Waals surface area (Å²) in [6.45, 7) is 4.39. The summed E-state index contributed by atoms with van der Waals surface area (Å²) in [4.78, 5) is 28.9. The fraction of sp³-hybridized carbons (Fsp3) is 0.273. The van der Waals surface area contributed by atoms with Gasteiger partial charge in [0, 0.05) is 44.5 Å². The molecule has 1 fully saturated rings. The number of hydrogen-bond donors (Lipinski definition) is 1. The lowest BCUT2D eigenvalue weighted by molar-refractivity contribution is -0.113. The van der Waals surface area contributed by atoms with Crippen LogP contribution in [-0.4, -0.2) is 58.8 Å². The standard InChI is InChI=1S/C22H22ClN5O3S/c1-15-25-26-22(31-15)32-14-20(29)24-16-6-8-17(9-7-16)27-10-12-28(13-11-27)21(30)18-4-2-3-5-19(18)23/h2-9H,10-14H2,1H3,(H,24,29). The molecule has 0 saturated carbocycles. The first-order valence-corrected chi connectivity index (χ1v) is 11.5. The maximum atomic E-state index is 12.7. The van der Waals surface area contributed by atoms with E-state index in [-0.39, 0.29) is 17.6 Å². The quantitative estimate of drug-likeness (QED) is 0.547. The van der Waals surface area contributed by atoms with Gasteiger partial charge in [-0.25, -0.2) is 0 Å². The van der Waals surface area contributed by atoms with Crippen LogP contribution in [0.4, 0.5) is 11.4 Å². The summed E-state index contributed by atoms with van der Waals surface area (Å²) < 4.78 is 5.24. The summed E-state index contributed by atoms with van der Waals surface area (Å²) in [6, 6.07) is 14.8. The Kier molecular flexibility index (Phi) is 6.96. The lowest BCUT2D eigenvalue weighted by Gasteiger charge is -2.36. The molecule has 0 atom stereocenters. The van der Waals surface area contributed by atoms with Crippen molar-refractivity contribution in [1.82, 2.24) is 15.1 Å². The summed E-state index contributed by atoms with van der Waals surface area (Å²) in [6.07, 6.45) is 0. The predicted octanol–water partition coefficient (Wildman–Crippen LogP) is 3.72. The van der Waals surface area contributed by atoms with Gasteiger partial charge in [0.2, 0.25) is 11.8 Å². The Labute approximate surface area is 194 Å². The van der Waals surface area contributed by atoms with Crippen molar-refractivity contribution in [1.29, 1.82) is 0 Å². The van der Waals surface area contributed by atoms with Crippen molar-refractivity contribution in [2.45, 2.75) is 12.1 Å². The largest absolute Gasteiger partial charge is 0.416 e. The lowest BCUT2D eigenvalue weighted by atomic mass is 10.1. The van der Waals surface area contributed by atoms with Crippen LogP contribution in [0.3, 0.4) is 0 Å². The average Bonchev–Trinajstić information content (AvgIpc) is 3.23. The van der Waals surface area contributed by atoms with Crippen LogP contribution in [0.15, 0.2) is 58.2 Å². The van der Waals surface area contributed by atoms with Gasteiger partial charge < -0.3 is 19.5 Å². The van der Waals surface area contributed by atoms with Crippen LogP contribution in [0.1, 0.15) is 16.2 Å². The number of piperazine rings is 1. The number of halogens is 1. The first kappa shape index (κ1) is 22.2. The number of carbonyl (C=O) groups is 2. The van der Waals surface area contributed by atoms with Crippen molar-refractivity contribution in [2.75, 3.05) is 42.1 Å².